The van der Waals surface area contributed by atoms with Crippen LogP contribution in [0.15, 0.2) is 24.3 Å². The first-order valence-electron chi connectivity index (χ1n) is 6.62. The van der Waals surface area contributed by atoms with Gasteiger partial charge in [0.2, 0.25) is 6.29 Å². The van der Waals surface area contributed by atoms with Crippen molar-refractivity contribution in [2.45, 2.75) is 44.1 Å². The molecule has 1 aromatic rings. The number of ether oxygens (including phenoxy) is 2. The number of hydrogen-bond donors (Lipinski definition) is 4. The number of aryl methyl sites for hydroxylation is 1. The zero-order valence-electron chi connectivity index (χ0n) is 11.4. The molecular weight excluding hydrogens is 280 g/mol. The fourth-order valence-electron chi connectivity index (χ4n) is 2.09. The summed E-state index contributed by atoms with van der Waals surface area (Å²) in [5.74, 6) is -1.08. The van der Waals surface area contributed by atoms with Crippen molar-refractivity contribution in [3.8, 4) is 5.75 Å². The smallest absolute Gasteiger partial charge is 0.335 e. The molecule has 1 aliphatic heterocycles. The van der Waals surface area contributed by atoms with Crippen LogP contribution in [0.4, 0.5) is 0 Å². The van der Waals surface area contributed by atoms with Gasteiger partial charge >= 0.3 is 5.97 Å². The topological polar surface area (TPSA) is 116 Å². The van der Waals surface area contributed by atoms with Gasteiger partial charge in [-0.1, -0.05) is 19.1 Å². The predicted octanol–water partition coefficient (Wildman–Crippen LogP) is -0.480. The molecule has 116 valence electrons. The fourth-order valence-corrected chi connectivity index (χ4v) is 2.09. The van der Waals surface area contributed by atoms with Gasteiger partial charge in [-0.25, -0.2) is 4.79 Å². The van der Waals surface area contributed by atoms with Crippen LogP contribution >= 0.6 is 0 Å². The summed E-state index contributed by atoms with van der Waals surface area (Å²) < 4.78 is 10.4. The molecule has 2 rings (SSSR count). The van der Waals surface area contributed by atoms with Crippen LogP contribution in [0.25, 0.3) is 0 Å². The normalized spacial score (nSPS) is 32.7. The van der Waals surface area contributed by atoms with Crippen LogP contribution in [0.1, 0.15) is 12.5 Å². The van der Waals surface area contributed by atoms with E-state index >= 15 is 0 Å². The highest BCUT2D eigenvalue weighted by Crippen LogP contribution is 2.24. The van der Waals surface area contributed by atoms with E-state index in [1.807, 2.05) is 19.1 Å². The Hall–Kier alpha value is -1.67. The zero-order chi connectivity index (χ0) is 15.6. The Morgan fingerprint density at radius 2 is 1.76 bits per heavy atom. The number of hydrogen-bond acceptors (Lipinski definition) is 6. The first-order valence-corrected chi connectivity index (χ1v) is 6.62. The Morgan fingerprint density at radius 1 is 1.14 bits per heavy atom. The lowest BCUT2D eigenvalue weighted by Gasteiger charge is -2.38. The minimum atomic E-state index is -1.72. The Morgan fingerprint density at radius 3 is 2.29 bits per heavy atom. The van der Waals surface area contributed by atoms with Crippen molar-refractivity contribution in [2.24, 2.45) is 0 Å². The van der Waals surface area contributed by atoms with Crippen LogP contribution in [-0.2, 0) is 16.0 Å². The minimum Gasteiger partial charge on any atom is -0.479 e. The first kappa shape index (κ1) is 15.7. The van der Waals surface area contributed by atoms with Crippen molar-refractivity contribution in [3.63, 3.8) is 0 Å². The average molecular weight is 298 g/mol. The summed E-state index contributed by atoms with van der Waals surface area (Å²) in [6, 6.07) is 6.96. The summed E-state index contributed by atoms with van der Waals surface area (Å²) >= 11 is 0. The van der Waals surface area contributed by atoms with Gasteiger partial charge in [-0.3, -0.25) is 0 Å². The largest absolute Gasteiger partial charge is 0.479 e. The fraction of sp³-hybridized carbons (Fsp3) is 0.500. The van der Waals surface area contributed by atoms with Crippen molar-refractivity contribution < 1.29 is 34.7 Å². The third-order valence-corrected chi connectivity index (χ3v) is 3.40. The third-order valence-electron chi connectivity index (χ3n) is 3.40. The molecule has 0 spiro atoms. The lowest BCUT2D eigenvalue weighted by Crippen LogP contribution is -2.61. The summed E-state index contributed by atoms with van der Waals surface area (Å²) in [7, 11) is 0. The second-order valence-electron chi connectivity index (χ2n) is 4.85. The average Bonchev–Trinajstić information content (AvgIpc) is 2.48. The van der Waals surface area contributed by atoms with E-state index in [0.717, 1.165) is 12.0 Å². The SMILES string of the molecule is CCc1ccc(OC2O[C@H](C(=O)O)[C@@H](O)[C@H](O)[C@H]2O)cc1. The van der Waals surface area contributed by atoms with E-state index in [9.17, 15) is 20.1 Å². The molecule has 0 bridgehead atoms. The van der Waals surface area contributed by atoms with Crippen molar-refractivity contribution in [1.82, 2.24) is 0 Å². The summed E-state index contributed by atoms with van der Waals surface area (Å²) in [5.41, 5.74) is 1.09. The molecule has 1 heterocycles. The van der Waals surface area contributed by atoms with Gasteiger partial charge < -0.3 is 29.9 Å². The van der Waals surface area contributed by atoms with E-state index in [4.69, 9.17) is 14.6 Å². The molecule has 0 amide bonds. The van der Waals surface area contributed by atoms with Crippen molar-refractivity contribution >= 4 is 5.97 Å². The molecule has 7 nitrogen and oxygen atoms in total. The maximum absolute atomic E-state index is 11.0. The highest BCUT2D eigenvalue weighted by atomic mass is 16.7. The summed E-state index contributed by atoms with van der Waals surface area (Å²) in [4.78, 5) is 11.0. The summed E-state index contributed by atoms with van der Waals surface area (Å²) in [6.45, 7) is 2.00. The second-order valence-corrected chi connectivity index (χ2v) is 4.85. The van der Waals surface area contributed by atoms with E-state index in [1.165, 1.54) is 0 Å². The summed E-state index contributed by atoms with van der Waals surface area (Å²) in [5, 5.41) is 38.0. The van der Waals surface area contributed by atoms with Crippen LogP contribution < -0.4 is 4.74 Å². The van der Waals surface area contributed by atoms with Gasteiger partial charge in [-0.05, 0) is 24.1 Å². The number of aliphatic carboxylic acids is 1. The Balaban J connectivity index is 2.11. The molecule has 21 heavy (non-hydrogen) atoms. The molecular formula is C14H18O7. The van der Waals surface area contributed by atoms with E-state index in [2.05, 4.69) is 0 Å². The molecule has 1 unspecified atom stereocenters. The van der Waals surface area contributed by atoms with E-state index in [1.54, 1.807) is 12.1 Å². The molecule has 1 fully saturated rings. The number of carboxylic acid groups (broad SMARTS) is 1. The molecule has 1 aromatic carbocycles. The van der Waals surface area contributed by atoms with Gasteiger partial charge in [0.15, 0.2) is 6.10 Å². The molecule has 0 saturated carbocycles. The molecule has 1 saturated heterocycles. The monoisotopic (exact) mass is 298 g/mol. The van der Waals surface area contributed by atoms with Crippen LogP contribution in [0.5, 0.6) is 5.75 Å². The third kappa shape index (κ3) is 3.33. The molecule has 0 aliphatic carbocycles. The highest BCUT2D eigenvalue weighted by Gasteiger charge is 2.48. The van der Waals surface area contributed by atoms with Crippen molar-refractivity contribution in [2.75, 3.05) is 0 Å². The van der Waals surface area contributed by atoms with E-state index in [-0.39, 0.29) is 0 Å². The molecule has 0 aromatic heterocycles. The van der Waals surface area contributed by atoms with Crippen molar-refractivity contribution in [3.05, 3.63) is 29.8 Å². The second kappa shape index (κ2) is 6.40. The number of aliphatic hydroxyl groups excluding tert-OH is 3. The highest BCUT2D eigenvalue weighted by molar-refractivity contribution is 5.73. The standard InChI is InChI=1S/C14H18O7/c1-2-7-3-5-8(6-4-7)20-14-11(17)9(15)10(16)12(21-14)13(18)19/h3-6,9-12,14-17H,2H2,1H3,(H,18,19)/t9-,10-,11+,12-,14?/m0/s1. The van der Waals surface area contributed by atoms with Crippen LogP contribution in [0.2, 0.25) is 0 Å². The maximum Gasteiger partial charge on any atom is 0.335 e. The van der Waals surface area contributed by atoms with Gasteiger partial charge in [-0.15, -0.1) is 0 Å². The van der Waals surface area contributed by atoms with Gasteiger partial charge in [0.25, 0.3) is 0 Å². The zero-order valence-corrected chi connectivity index (χ0v) is 11.4. The van der Waals surface area contributed by atoms with E-state index < -0.39 is 36.7 Å². The Kier molecular flexibility index (Phi) is 4.79. The van der Waals surface area contributed by atoms with Crippen LogP contribution in [0, 0.1) is 0 Å². The maximum atomic E-state index is 11.0. The first-order chi connectivity index (χ1) is 9.93. The number of carbonyl (C=O) groups is 1. The Bertz CT molecular complexity index is 487. The van der Waals surface area contributed by atoms with Gasteiger partial charge in [-0.2, -0.15) is 0 Å². The summed E-state index contributed by atoms with van der Waals surface area (Å²) in [6.07, 6.45) is -7.13. The van der Waals surface area contributed by atoms with Gasteiger partial charge in [0.1, 0.15) is 24.1 Å². The van der Waals surface area contributed by atoms with Crippen LogP contribution in [0.3, 0.4) is 0 Å². The van der Waals surface area contributed by atoms with E-state index in [0.29, 0.717) is 5.75 Å². The van der Waals surface area contributed by atoms with Crippen LogP contribution in [-0.4, -0.2) is 57.1 Å². The molecule has 7 heteroatoms. The number of rotatable bonds is 4. The molecule has 1 aliphatic rings. The minimum absolute atomic E-state index is 0.365. The number of carboxylic acids is 1. The molecule has 4 N–H and O–H groups in total. The molecule has 0 radical (unpaired) electrons. The lowest BCUT2D eigenvalue weighted by molar-refractivity contribution is -0.271. The Labute approximate surface area is 121 Å². The number of benzene rings is 1. The van der Waals surface area contributed by atoms with Gasteiger partial charge in [0, 0.05) is 0 Å². The predicted molar refractivity (Wildman–Crippen MR) is 70.8 cm³/mol. The quantitative estimate of drug-likeness (QED) is 0.593. The number of aliphatic hydroxyl groups is 3. The molecule has 5 atom stereocenters. The lowest BCUT2D eigenvalue weighted by atomic mass is 9.99. The van der Waals surface area contributed by atoms with Gasteiger partial charge in [0.05, 0.1) is 0 Å². The van der Waals surface area contributed by atoms with Crippen molar-refractivity contribution in [1.29, 1.82) is 0 Å².